The molecule has 2 aliphatic rings. The fourth-order valence-corrected chi connectivity index (χ4v) is 3.42. The zero-order valence-electron chi connectivity index (χ0n) is 12.0. The molecule has 2 atom stereocenters. The maximum absolute atomic E-state index is 4.56. The highest BCUT2D eigenvalue weighted by atomic mass is 15.4. The zero-order valence-corrected chi connectivity index (χ0v) is 12.0. The van der Waals surface area contributed by atoms with Gasteiger partial charge in [-0.2, -0.15) is 24.7 Å². The Bertz CT molecular complexity index is 613. The van der Waals surface area contributed by atoms with Crippen molar-refractivity contribution in [2.45, 2.75) is 19.3 Å². The maximum Gasteiger partial charge on any atom is 0.258 e. The lowest BCUT2D eigenvalue weighted by Gasteiger charge is -2.18. The number of anilines is 2. The second-order valence-electron chi connectivity index (χ2n) is 5.71. The van der Waals surface area contributed by atoms with Gasteiger partial charge in [-0.05, 0) is 24.7 Å². The van der Waals surface area contributed by atoms with Crippen LogP contribution in [0.25, 0.3) is 5.95 Å². The summed E-state index contributed by atoms with van der Waals surface area (Å²) in [7, 11) is 1.81. The number of nitrogens with one attached hydrogen (secondary N) is 1. The molecule has 0 spiro atoms. The van der Waals surface area contributed by atoms with Crippen molar-refractivity contribution < 1.29 is 0 Å². The van der Waals surface area contributed by atoms with Crippen molar-refractivity contribution in [1.29, 1.82) is 0 Å². The summed E-state index contributed by atoms with van der Waals surface area (Å²) < 4.78 is 1.56. The van der Waals surface area contributed by atoms with Crippen LogP contribution >= 0.6 is 0 Å². The minimum atomic E-state index is 0.499. The molecule has 1 saturated carbocycles. The predicted molar refractivity (Wildman–Crippen MR) is 77.3 cm³/mol. The van der Waals surface area contributed by atoms with E-state index < -0.39 is 0 Å². The molecule has 2 aromatic rings. The molecule has 2 aromatic heterocycles. The van der Waals surface area contributed by atoms with E-state index in [4.69, 9.17) is 0 Å². The first-order valence-corrected chi connectivity index (χ1v) is 7.37. The molecular weight excluding hydrogens is 268 g/mol. The lowest BCUT2D eigenvalue weighted by atomic mass is 10.0. The first-order valence-electron chi connectivity index (χ1n) is 7.37. The van der Waals surface area contributed by atoms with E-state index in [1.807, 2.05) is 7.05 Å². The van der Waals surface area contributed by atoms with Gasteiger partial charge in [-0.1, -0.05) is 6.42 Å². The average molecular weight is 286 g/mol. The summed E-state index contributed by atoms with van der Waals surface area (Å²) in [5.41, 5.74) is 0. The van der Waals surface area contributed by atoms with Crippen LogP contribution in [0.2, 0.25) is 0 Å². The molecule has 1 aliphatic heterocycles. The number of hydrogen-bond donors (Lipinski definition) is 1. The van der Waals surface area contributed by atoms with Gasteiger partial charge in [0.2, 0.25) is 11.9 Å². The molecule has 4 rings (SSSR count). The summed E-state index contributed by atoms with van der Waals surface area (Å²) >= 11 is 0. The average Bonchev–Trinajstić information content (AvgIpc) is 3.22. The minimum absolute atomic E-state index is 0.499. The molecule has 0 radical (unpaired) electrons. The van der Waals surface area contributed by atoms with E-state index in [1.165, 1.54) is 25.6 Å². The topological polar surface area (TPSA) is 84.7 Å². The molecule has 1 N–H and O–H groups in total. The van der Waals surface area contributed by atoms with Gasteiger partial charge in [0.15, 0.2) is 0 Å². The van der Waals surface area contributed by atoms with Crippen molar-refractivity contribution >= 4 is 11.9 Å². The van der Waals surface area contributed by atoms with E-state index in [0.717, 1.165) is 30.9 Å². The third kappa shape index (κ3) is 2.20. The van der Waals surface area contributed by atoms with E-state index in [0.29, 0.717) is 11.9 Å². The highest BCUT2D eigenvalue weighted by Crippen LogP contribution is 2.38. The van der Waals surface area contributed by atoms with E-state index in [-0.39, 0.29) is 0 Å². The van der Waals surface area contributed by atoms with Gasteiger partial charge < -0.3 is 10.2 Å². The smallest absolute Gasteiger partial charge is 0.258 e. The van der Waals surface area contributed by atoms with Gasteiger partial charge in [0, 0.05) is 20.1 Å². The molecule has 21 heavy (non-hydrogen) atoms. The molecule has 3 heterocycles. The Morgan fingerprint density at radius 1 is 1.10 bits per heavy atom. The number of hydrogen-bond acceptors (Lipinski definition) is 7. The van der Waals surface area contributed by atoms with Crippen LogP contribution in [0.3, 0.4) is 0 Å². The zero-order chi connectivity index (χ0) is 14.2. The normalized spacial score (nSPS) is 24.3. The molecule has 8 nitrogen and oxygen atoms in total. The summed E-state index contributed by atoms with van der Waals surface area (Å²) in [6.45, 7) is 2.10. The number of rotatable bonds is 3. The molecule has 1 aliphatic carbocycles. The van der Waals surface area contributed by atoms with Gasteiger partial charge in [-0.15, -0.1) is 0 Å². The van der Waals surface area contributed by atoms with Gasteiger partial charge >= 0.3 is 0 Å². The summed E-state index contributed by atoms with van der Waals surface area (Å²) in [4.78, 5) is 19.6. The van der Waals surface area contributed by atoms with Crippen LogP contribution < -0.4 is 10.2 Å². The SMILES string of the molecule is CNc1nc(N2CC3CCCC3C2)nc(-n2cncn2)n1. The third-order valence-electron chi connectivity index (χ3n) is 4.47. The summed E-state index contributed by atoms with van der Waals surface area (Å²) in [5, 5.41) is 7.09. The Morgan fingerprint density at radius 2 is 1.86 bits per heavy atom. The minimum Gasteiger partial charge on any atom is -0.357 e. The maximum atomic E-state index is 4.56. The molecule has 2 fully saturated rings. The second kappa shape index (κ2) is 4.94. The lowest BCUT2D eigenvalue weighted by Crippen LogP contribution is -2.24. The molecule has 2 unspecified atom stereocenters. The summed E-state index contributed by atoms with van der Waals surface area (Å²) in [5.74, 6) is 3.39. The van der Waals surface area contributed by atoms with Crippen LogP contribution in [-0.2, 0) is 0 Å². The summed E-state index contributed by atoms with van der Waals surface area (Å²) in [6.07, 6.45) is 7.11. The fourth-order valence-electron chi connectivity index (χ4n) is 3.42. The largest absolute Gasteiger partial charge is 0.357 e. The quantitative estimate of drug-likeness (QED) is 0.890. The van der Waals surface area contributed by atoms with Crippen LogP contribution in [0, 0.1) is 11.8 Å². The fraction of sp³-hybridized carbons (Fsp3) is 0.615. The second-order valence-corrected chi connectivity index (χ2v) is 5.71. The van der Waals surface area contributed by atoms with Crippen molar-refractivity contribution in [3.63, 3.8) is 0 Å². The molecule has 8 heteroatoms. The summed E-state index contributed by atoms with van der Waals surface area (Å²) in [6, 6.07) is 0. The monoisotopic (exact) mass is 286 g/mol. The van der Waals surface area contributed by atoms with Crippen molar-refractivity contribution in [2.75, 3.05) is 30.4 Å². The molecule has 0 amide bonds. The van der Waals surface area contributed by atoms with Crippen LogP contribution in [0.5, 0.6) is 0 Å². The molecule has 110 valence electrons. The van der Waals surface area contributed by atoms with Crippen LogP contribution in [0.4, 0.5) is 11.9 Å². The molecular formula is C13H18N8. The Hall–Kier alpha value is -2.25. The van der Waals surface area contributed by atoms with Crippen molar-refractivity contribution in [2.24, 2.45) is 11.8 Å². The highest BCUT2D eigenvalue weighted by Gasteiger charge is 2.37. The van der Waals surface area contributed by atoms with Crippen LogP contribution in [0.1, 0.15) is 19.3 Å². The molecule has 1 saturated heterocycles. The number of fused-ring (bicyclic) bond motifs is 1. The number of aromatic nitrogens is 6. The van der Waals surface area contributed by atoms with E-state index >= 15 is 0 Å². The first-order chi connectivity index (χ1) is 10.3. The number of nitrogens with zero attached hydrogens (tertiary/aromatic N) is 7. The Kier molecular flexibility index (Phi) is 2.94. The Labute approximate surface area is 122 Å². The molecule has 0 bridgehead atoms. The first kappa shape index (κ1) is 12.5. The predicted octanol–water partition coefficient (Wildman–Crippen LogP) is 0.730. The lowest BCUT2D eigenvalue weighted by molar-refractivity contribution is 0.494. The van der Waals surface area contributed by atoms with Gasteiger partial charge in [0.25, 0.3) is 5.95 Å². The van der Waals surface area contributed by atoms with Crippen molar-refractivity contribution in [3.05, 3.63) is 12.7 Å². The van der Waals surface area contributed by atoms with Crippen LogP contribution in [0.15, 0.2) is 12.7 Å². The molecule has 0 aromatic carbocycles. The highest BCUT2D eigenvalue weighted by molar-refractivity contribution is 5.41. The van der Waals surface area contributed by atoms with Gasteiger partial charge in [-0.25, -0.2) is 4.98 Å². The van der Waals surface area contributed by atoms with E-state index in [1.54, 1.807) is 11.0 Å². The van der Waals surface area contributed by atoms with Crippen molar-refractivity contribution in [3.8, 4) is 5.95 Å². The van der Waals surface area contributed by atoms with Gasteiger partial charge in [0.1, 0.15) is 12.7 Å². The van der Waals surface area contributed by atoms with Crippen molar-refractivity contribution in [1.82, 2.24) is 29.7 Å². The van der Waals surface area contributed by atoms with Gasteiger partial charge in [-0.3, -0.25) is 0 Å². The Balaban J connectivity index is 1.67. The van der Waals surface area contributed by atoms with E-state index in [2.05, 4.69) is 35.3 Å². The third-order valence-corrected chi connectivity index (χ3v) is 4.47. The standard InChI is InChI=1S/C13H18N8/c1-14-11-17-12(19-13(18-11)21-8-15-7-16-21)20-5-9-3-2-4-10(9)6-20/h7-10H,2-6H2,1H3,(H,14,17,18,19). The Morgan fingerprint density at radius 3 is 2.52 bits per heavy atom. The van der Waals surface area contributed by atoms with Crippen LogP contribution in [-0.4, -0.2) is 49.9 Å². The van der Waals surface area contributed by atoms with Gasteiger partial charge in [0.05, 0.1) is 0 Å². The van der Waals surface area contributed by atoms with E-state index in [9.17, 15) is 0 Å².